The molecule has 0 saturated heterocycles. The van der Waals surface area contributed by atoms with Gasteiger partial charge in [-0.2, -0.15) is 0 Å². The molecule has 1 aliphatic heterocycles. The standard InChI is InChI=1S/C27H28N2O7S/c1-5-34-20-11-9-17(14-22(20)36-7-3)24-18(26(32)33-4)15-28-27-29(24)25(31)23(37-27)13-16-8-10-19(30)21(12-16)35-6-2/h8-15,24,30H,5-7H2,1-4H3/b23-13-/t24-/m0/s1. The summed E-state index contributed by atoms with van der Waals surface area (Å²) in [6.07, 6.45) is 3.14. The maximum atomic E-state index is 13.7. The molecule has 0 saturated carbocycles. The van der Waals surface area contributed by atoms with E-state index in [1.54, 1.807) is 36.4 Å². The van der Waals surface area contributed by atoms with Crippen molar-refractivity contribution in [3.05, 3.63) is 79.0 Å². The summed E-state index contributed by atoms with van der Waals surface area (Å²) in [5.74, 6) is 0.838. The molecular weight excluding hydrogens is 496 g/mol. The van der Waals surface area contributed by atoms with Gasteiger partial charge in [0.05, 0.1) is 43.1 Å². The van der Waals surface area contributed by atoms with Crippen LogP contribution in [0.4, 0.5) is 0 Å². The average Bonchev–Trinajstić information content (AvgIpc) is 3.21. The summed E-state index contributed by atoms with van der Waals surface area (Å²) in [7, 11) is 1.29. The van der Waals surface area contributed by atoms with Crippen molar-refractivity contribution >= 4 is 23.4 Å². The van der Waals surface area contributed by atoms with Gasteiger partial charge in [0.15, 0.2) is 27.8 Å². The Kier molecular flexibility index (Phi) is 7.98. The van der Waals surface area contributed by atoms with Crippen LogP contribution in [0, 0.1) is 0 Å². The van der Waals surface area contributed by atoms with Crippen LogP contribution in [-0.2, 0) is 9.53 Å². The topological polar surface area (TPSA) is 109 Å². The molecule has 9 nitrogen and oxygen atoms in total. The van der Waals surface area contributed by atoms with Gasteiger partial charge in [-0.15, -0.1) is 0 Å². The lowest BCUT2D eigenvalue weighted by molar-refractivity contribution is -0.136. The second-order valence-electron chi connectivity index (χ2n) is 7.91. The summed E-state index contributed by atoms with van der Waals surface area (Å²) in [5, 5.41) is 10.0. The molecule has 194 valence electrons. The molecule has 3 aromatic rings. The van der Waals surface area contributed by atoms with Crippen LogP contribution in [0.3, 0.4) is 0 Å². The summed E-state index contributed by atoms with van der Waals surface area (Å²) in [6.45, 7) is 6.84. The van der Waals surface area contributed by atoms with Gasteiger partial charge in [-0.1, -0.05) is 23.5 Å². The number of methoxy groups -OCH3 is 1. The van der Waals surface area contributed by atoms with Gasteiger partial charge in [0, 0.05) is 6.20 Å². The Labute approximate surface area is 217 Å². The van der Waals surface area contributed by atoms with Crippen molar-refractivity contribution in [1.82, 2.24) is 4.57 Å². The number of esters is 1. The third-order valence-electron chi connectivity index (χ3n) is 5.59. The smallest absolute Gasteiger partial charge is 0.337 e. The van der Waals surface area contributed by atoms with Gasteiger partial charge >= 0.3 is 5.97 Å². The monoisotopic (exact) mass is 524 g/mol. The number of hydrogen-bond donors (Lipinski definition) is 1. The summed E-state index contributed by atoms with van der Waals surface area (Å²) in [6, 6.07) is 9.42. The number of phenols is 1. The minimum absolute atomic E-state index is 0.0174. The highest BCUT2D eigenvalue weighted by Gasteiger charge is 2.31. The number of thiazole rings is 1. The molecule has 4 rings (SSSR count). The number of fused-ring (bicyclic) bond motifs is 1. The highest BCUT2D eigenvalue weighted by Crippen LogP contribution is 2.35. The van der Waals surface area contributed by atoms with E-state index in [1.165, 1.54) is 35.3 Å². The molecule has 1 atom stereocenters. The van der Waals surface area contributed by atoms with Crippen molar-refractivity contribution in [3.63, 3.8) is 0 Å². The van der Waals surface area contributed by atoms with Crippen molar-refractivity contribution in [1.29, 1.82) is 0 Å². The van der Waals surface area contributed by atoms with E-state index >= 15 is 0 Å². The number of ether oxygens (including phenoxy) is 4. The Morgan fingerprint density at radius 1 is 1.03 bits per heavy atom. The predicted molar refractivity (Wildman–Crippen MR) is 139 cm³/mol. The lowest BCUT2D eigenvalue weighted by atomic mass is 9.97. The Morgan fingerprint density at radius 2 is 1.73 bits per heavy atom. The number of aromatic nitrogens is 1. The van der Waals surface area contributed by atoms with Crippen LogP contribution in [0.2, 0.25) is 0 Å². The number of carbonyl (C=O) groups is 1. The first-order valence-electron chi connectivity index (χ1n) is 11.9. The molecule has 1 aromatic heterocycles. The minimum Gasteiger partial charge on any atom is -0.504 e. The van der Waals surface area contributed by atoms with E-state index in [-0.39, 0.29) is 16.9 Å². The second kappa shape index (κ2) is 11.3. The van der Waals surface area contributed by atoms with Crippen LogP contribution in [-0.4, -0.2) is 42.6 Å². The van der Waals surface area contributed by atoms with E-state index in [9.17, 15) is 14.7 Å². The molecule has 0 bridgehead atoms. The molecule has 37 heavy (non-hydrogen) atoms. The second-order valence-corrected chi connectivity index (χ2v) is 8.92. The SMILES string of the molecule is CCOc1cc(/C=c2\sc3n(c2=O)[C@@H](c2ccc(OCC)c(OCC)c2)C(C(=O)OC)=CN=3)ccc1O. The lowest BCUT2D eigenvalue weighted by Crippen LogP contribution is -2.39. The van der Waals surface area contributed by atoms with E-state index in [0.29, 0.717) is 57.5 Å². The van der Waals surface area contributed by atoms with E-state index in [0.717, 1.165) is 0 Å². The van der Waals surface area contributed by atoms with Gasteiger partial charge in [-0.25, -0.2) is 9.79 Å². The van der Waals surface area contributed by atoms with Gasteiger partial charge in [0.2, 0.25) is 0 Å². The quantitative estimate of drug-likeness (QED) is 0.429. The molecule has 10 heteroatoms. The zero-order valence-electron chi connectivity index (χ0n) is 21.0. The van der Waals surface area contributed by atoms with Crippen molar-refractivity contribution < 1.29 is 28.8 Å². The minimum atomic E-state index is -0.778. The van der Waals surface area contributed by atoms with Crippen LogP contribution < -0.4 is 29.1 Å². The zero-order chi connectivity index (χ0) is 26.5. The molecule has 2 heterocycles. The molecule has 0 fully saturated rings. The highest BCUT2D eigenvalue weighted by molar-refractivity contribution is 7.07. The summed E-state index contributed by atoms with van der Waals surface area (Å²) in [4.78, 5) is 31.2. The summed E-state index contributed by atoms with van der Waals surface area (Å²) < 4.78 is 23.8. The third kappa shape index (κ3) is 5.24. The number of benzene rings is 2. The molecule has 0 unspecified atom stereocenters. The van der Waals surface area contributed by atoms with Crippen molar-refractivity contribution in [2.24, 2.45) is 4.99 Å². The van der Waals surface area contributed by atoms with Gasteiger partial charge in [-0.05, 0) is 62.2 Å². The van der Waals surface area contributed by atoms with Crippen LogP contribution in [0.25, 0.3) is 6.08 Å². The van der Waals surface area contributed by atoms with Gasteiger partial charge in [-0.3, -0.25) is 9.36 Å². The number of phenolic OH excluding ortho intramolecular Hbond substituents is 1. The zero-order valence-corrected chi connectivity index (χ0v) is 21.8. The fourth-order valence-electron chi connectivity index (χ4n) is 4.03. The Balaban J connectivity index is 1.88. The molecule has 0 aliphatic carbocycles. The van der Waals surface area contributed by atoms with Crippen molar-refractivity contribution in [3.8, 4) is 23.0 Å². The fourth-order valence-corrected chi connectivity index (χ4v) is 5.00. The Hall–Kier alpha value is -4.05. The van der Waals surface area contributed by atoms with E-state index in [4.69, 9.17) is 18.9 Å². The lowest BCUT2D eigenvalue weighted by Gasteiger charge is -2.23. The first-order valence-corrected chi connectivity index (χ1v) is 12.7. The maximum absolute atomic E-state index is 13.7. The largest absolute Gasteiger partial charge is 0.504 e. The predicted octanol–water partition coefficient (Wildman–Crippen LogP) is 2.92. The summed E-state index contributed by atoms with van der Waals surface area (Å²) in [5.41, 5.74) is 1.22. The average molecular weight is 525 g/mol. The number of carbonyl (C=O) groups excluding carboxylic acids is 1. The maximum Gasteiger partial charge on any atom is 0.337 e. The Bertz CT molecular complexity index is 1520. The molecule has 1 N–H and O–H groups in total. The molecular formula is C27H28N2O7S. The van der Waals surface area contributed by atoms with Crippen LogP contribution in [0.5, 0.6) is 23.0 Å². The van der Waals surface area contributed by atoms with E-state index in [1.807, 2.05) is 20.8 Å². The van der Waals surface area contributed by atoms with Crippen LogP contribution in [0.1, 0.15) is 37.9 Å². The van der Waals surface area contributed by atoms with Crippen LogP contribution in [0.15, 0.2) is 58.0 Å². The highest BCUT2D eigenvalue weighted by atomic mass is 32.1. The van der Waals surface area contributed by atoms with Crippen LogP contribution >= 0.6 is 11.3 Å². The molecule has 0 amide bonds. The van der Waals surface area contributed by atoms with Gasteiger partial charge < -0.3 is 24.1 Å². The van der Waals surface area contributed by atoms with E-state index < -0.39 is 12.0 Å². The molecule has 0 spiro atoms. The molecule has 0 radical (unpaired) electrons. The number of aromatic hydroxyl groups is 1. The van der Waals surface area contributed by atoms with E-state index in [2.05, 4.69) is 4.99 Å². The fraction of sp³-hybridized carbons (Fsp3) is 0.296. The number of rotatable bonds is 9. The Morgan fingerprint density at radius 3 is 2.43 bits per heavy atom. The van der Waals surface area contributed by atoms with Crippen molar-refractivity contribution in [2.45, 2.75) is 26.8 Å². The molecule has 1 aliphatic rings. The van der Waals surface area contributed by atoms with Crippen molar-refractivity contribution in [2.75, 3.05) is 26.9 Å². The normalized spacial score (nSPS) is 14.9. The summed E-state index contributed by atoms with van der Waals surface area (Å²) >= 11 is 1.20. The number of hydrogen-bond acceptors (Lipinski definition) is 9. The molecule has 2 aromatic carbocycles. The third-order valence-corrected chi connectivity index (χ3v) is 6.59. The van der Waals surface area contributed by atoms with Gasteiger partial charge in [0.25, 0.3) is 5.56 Å². The number of nitrogens with zero attached hydrogens (tertiary/aromatic N) is 2. The van der Waals surface area contributed by atoms with Gasteiger partial charge in [0.1, 0.15) is 0 Å². The first kappa shape index (κ1) is 26.0. The first-order chi connectivity index (χ1) is 17.9.